The number of aromatic amines is 1. The fraction of sp³-hybridized carbons (Fsp3) is 0.348. The van der Waals surface area contributed by atoms with E-state index < -0.39 is 0 Å². The summed E-state index contributed by atoms with van der Waals surface area (Å²) in [5, 5.41) is 4.10. The van der Waals surface area contributed by atoms with Crippen molar-refractivity contribution in [2.45, 2.75) is 36.5 Å². The molecular weight excluding hydrogens is 400 g/mol. The first-order chi connectivity index (χ1) is 14.1. The Morgan fingerprint density at radius 2 is 1.93 bits per heavy atom. The fourth-order valence-corrected chi connectivity index (χ4v) is 4.86. The Labute approximate surface area is 181 Å². The van der Waals surface area contributed by atoms with Crippen molar-refractivity contribution in [2.24, 2.45) is 0 Å². The topological polar surface area (TPSA) is 54.1 Å². The average molecular weight is 429 g/mol. The van der Waals surface area contributed by atoms with Crippen LogP contribution in [0, 0.1) is 6.92 Å². The minimum atomic E-state index is -0.0599. The van der Waals surface area contributed by atoms with Gasteiger partial charge in [-0.1, -0.05) is 36.4 Å². The molecule has 154 valence electrons. The molecule has 3 aromatic rings. The highest BCUT2D eigenvalue weighted by Gasteiger charge is 2.19. The Hall–Kier alpha value is -2.05. The van der Waals surface area contributed by atoms with Crippen molar-refractivity contribution in [1.82, 2.24) is 10.3 Å². The molecule has 4 nitrogen and oxygen atoms in total. The van der Waals surface area contributed by atoms with Crippen LogP contribution in [-0.4, -0.2) is 36.1 Å². The molecule has 1 aromatic heterocycles. The minimum absolute atomic E-state index is 0.0599. The molecule has 1 heterocycles. The third-order valence-electron chi connectivity index (χ3n) is 4.53. The van der Waals surface area contributed by atoms with Crippen LogP contribution in [0.1, 0.15) is 35.8 Å². The Morgan fingerprint density at radius 1 is 1.14 bits per heavy atom. The lowest BCUT2D eigenvalue weighted by atomic mass is 10.2. The third-order valence-corrected chi connectivity index (χ3v) is 6.94. The van der Waals surface area contributed by atoms with Gasteiger partial charge in [0.25, 0.3) is 5.91 Å². The Kier molecular flexibility index (Phi) is 7.95. The zero-order valence-corrected chi connectivity index (χ0v) is 18.8. The number of hydrogen-bond donors (Lipinski definition) is 2. The van der Waals surface area contributed by atoms with Gasteiger partial charge in [0.05, 0.1) is 17.5 Å². The van der Waals surface area contributed by atoms with Gasteiger partial charge in [0.1, 0.15) is 11.4 Å². The van der Waals surface area contributed by atoms with Crippen molar-refractivity contribution >= 4 is 40.3 Å². The minimum Gasteiger partial charge on any atom is -0.497 e. The molecule has 0 aliphatic heterocycles. The first-order valence-electron chi connectivity index (χ1n) is 9.92. The molecule has 1 amide bonds. The molecule has 0 saturated carbocycles. The van der Waals surface area contributed by atoms with E-state index >= 15 is 0 Å². The summed E-state index contributed by atoms with van der Waals surface area (Å²) in [6.07, 6.45) is 2.17. The molecule has 0 saturated heterocycles. The number of amides is 1. The number of carbonyl (C=O) groups excluding carboxylic acids is 1. The van der Waals surface area contributed by atoms with E-state index in [0.717, 1.165) is 38.6 Å². The fourth-order valence-electron chi connectivity index (χ4n) is 2.98. The van der Waals surface area contributed by atoms with Crippen molar-refractivity contribution in [3.8, 4) is 5.75 Å². The molecule has 0 bridgehead atoms. The average Bonchev–Trinajstić information content (AvgIpc) is 3.09. The second kappa shape index (κ2) is 10.6. The van der Waals surface area contributed by atoms with Crippen molar-refractivity contribution in [2.75, 3.05) is 25.2 Å². The summed E-state index contributed by atoms with van der Waals surface area (Å²) in [6, 6.07) is 14.2. The molecule has 3 rings (SSSR count). The van der Waals surface area contributed by atoms with E-state index in [-0.39, 0.29) is 5.91 Å². The Bertz CT molecular complexity index is 951. The van der Waals surface area contributed by atoms with Crippen LogP contribution in [0.4, 0.5) is 0 Å². The van der Waals surface area contributed by atoms with Crippen LogP contribution in [0.3, 0.4) is 0 Å². The summed E-state index contributed by atoms with van der Waals surface area (Å²) in [5.74, 6) is 2.96. The van der Waals surface area contributed by atoms with Crippen LogP contribution in [0.2, 0.25) is 0 Å². The molecule has 0 radical (unpaired) electrons. The van der Waals surface area contributed by atoms with Gasteiger partial charge in [-0.15, -0.1) is 0 Å². The van der Waals surface area contributed by atoms with Crippen LogP contribution in [0.15, 0.2) is 52.3 Å². The highest BCUT2D eigenvalue weighted by Crippen LogP contribution is 2.38. The van der Waals surface area contributed by atoms with Crippen LogP contribution >= 0.6 is 23.5 Å². The normalized spacial score (nSPS) is 11.0. The molecule has 0 aliphatic rings. The first-order valence-corrected chi connectivity index (χ1v) is 11.9. The van der Waals surface area contributed by atoms with E-state index in [1.165, 1.54) is 17.7 Å². The molecule has 0 unspecified atom stereocenters. The number of benzene rings is 2. The largest absolute Gasteiger partial charge is 0.497 e. The number of ether oxygens (including phenoxy) is 1. The van der Waals surface area contributed by atoms with Gasteiger partial charge >= 0.3 is 0 Å². The number of methoxy groups -OCH3 is 1. The molecule has 0 fully saturated rings. The summed E-state index contributed by atoms with van der Waals surface area (Å²) in [4.78, 5) is 18.3. The number of aryl methyl sites for hydroxylation is 1. The number of nitrogens with one attached hydrogen (secondary N) is 2. The molecule has 2 aromatic carbocycles. The van der Waals surface area contributed by atoms with Gasteiger partial charge in [-0.3, -0.25) is 4.79 Å². The van der Waals surface area contributed by atoms with E-state index in [0.29, 0.717) is 12.2 Å². The summed E-state index contributed by atoms with van der Waals surface area (Å²) in [5.41, 5.74) is 2.74. The zero-order valence-electron chi connectivity index (χ0n) is 17.2. The van der Waals surface area contributed by atoms with Gasteiger partial charge in [-0.05, 0) is 55.5 Å². The number of carbonyl (C=O) groups is 1. The predicted molar refractivity (Wildman–Crippen MR) is 125 cm³/mol. The third kappa shape index (κ3) is 5.73. The molecular formula is C23H28N2O2S2. The highest BCUT2D eigenvalue weighted by atomic mass is 32.2. The predicted octanol–water partition coefficient (Wildman–Crippen LogP) is 5.90. The van der Waals surface area contributed by atoms with Crippen LogP contribution < -0.4 is 10.1 Å². The number of rotatable bonds is 10. The SMILES string of the molecule is CCCSCCCNC(=O)c1[nH]c2cc(OC)ccc2c1Sc1ccc(C)cc1. The summed E-state index contributed by atoms with van der Waals surface area (Å²) in [6.45, 7) is 4.94. The summed E-state index contributed by atoms with van der Waals surface area (Å²) in [7, 11) is 1.65. The maximum atomic E-state index is 12.9. The molecule has 2 N–H and O–H groups in total. The quantitative estimate of drug-likeness (QED) is 0.395. The van der Waals surface area contributed by atoms with Gasteiger partial charge in [0.2, 0.25) is 0 Å². The van der Waals surface area contributed by atoms with E-state index in [4.69, 9.17) is 4.74 Å². The van der Waals surface area contributed by atoms with Gasteiger partial charge in [-0.25, -0.2) is 0 Å². The molecule has 0 atom stereocenters. The lowest BCUT2D eigenvalue weighted by Crippen LogP contribution is -2.25. The molecule has 0 aliphatic carbocycles. The maximum absolute atomic E-state index is 12.9. The maximum Gasteiger partial charge on any atom is 0.268 e. The monoisotopic (exact) mass is 428 g/mol. The molecule has 29 heavy (non-hydrogen) atoms. The zero-order chi connectivity index (χ0) is 20.6. The van der Waals surface area contributed by atoms with E-state index in [1.807, 2.05) is 30.0 Å². The lowest BCUT2D eigenvalue weighted by Gasteiger charge is -2.07. The van der Waals surface area contributed by atoms with Crippen LogP contribution in [0.5, 0.6) is 5.75 Å². The highest BCUT2D eigenvalue weighted by molar-refractivity contribution is 7.99. The van der Waals surface area contributed by atoms with Crippen molar-refractivity contribution < 1.29 is 9.53 Å². The molecule has 0 spiro atoms. The van der Waals surface area contributed by atoms with Gasteiger partial charge in [0, 0.05) is 22.9 Å². The summed E-state index contributed by atoms with van der Waals surface area (Å²) < 4.78 is 5.35. The lowest BCUT2D eigenvalue weighted by molar-refractivity contribution is 0.0946. The van der Waals surface area contributed by atoms with Crippen LogP contribution in [-0.2, 0) is 0 Å². The number of aromatic nitrogens is 1. The number of fused-ring (bicyclic) bond motifs is 1. The van der Waals surface area contributed by atoms with Gasteiger partial charge in [0.15, 0.2) is 0 Å². The van der Waals surface area contributed by atoms with Crippen LogP contribution in [0.25, 0.3) is 10.9 Å². The van der Waals surface area contributed by atoms with E-state index in [9.17, 15) is 4.79 Å². The second-order valence-corrected chi connectivity index (χ2v) is 9.19. The number of thioether (sulfide) groups is 1. The number of H-pyrrole nitrogens is 1. The van der Waals surface area contributed by atoms with Crippen molar-refractivity contribution in [3.05, 3.63) is 53.7 Å². The van der Waals surface area contributed by atoms with Gasteiger partial charge in [-0.2, -0.15) is 11.8 Å². The first kappa shape index (κ1) is 21.7. The van der Waals surface area contributed by atoms with E-state index in [2.05, 4.69) is 48.4 Å². The second-order valence-electron chi connectivity index (χ2n) is 6.88. The van der Waals surface area contributed by atoms with Crippen molar-refractivity contribution in [1.29, 1.82) is 0 Å². The Morgan fingerprint density at radius 3 is 2.66 bits per heavy atom. The van der Waals surface area contributed by atoms with E-state index in [1.54, 1.807) is 18.9 Å². The number of hydrogen-bond acceptors (Lipinski definition) is 4. The smallest absolute Gasteiger partial charge is 0.268 e. The molecule has 6 heteroatoms. The standard InChI is InChI=1S/C23H28N2O2S2/c1-4-13-28-14-5-12-24-23(26)21-22(29-18-9-6-16(2)7-10-18)19-11-8-17(27-3)15-20(19)25-21/h6-11,15,25H,4-5,12-14H2,1-3H3,(H,24,26). The van der Waals surface area contributed by atoms with Crippen molar-refractivity contribution in [3.63, 3.8) is 0 Å². The summed E-state index contributed by atoms with van der Waals surface area (Å²) >= 11 is 3.55. The van der Waals surface area contributed by atoms with Gasteiger partial charge < -0.3 is 15.0 Å². The Balaban J connectivity index is 1.82.